The van der Waals surface area contributed by atoms with Gasteiger partial charge in [-0.05, 0) is 48.5 Å². The van der Waals surface area contributed by atoms with Gasteiger partial charge in [0.15, 0.2) is 0 Å². The Hall–Kier alpha value is -3.55. The van der Waals surface area contributed by atoms with Crippen molar-refractivity contribution in [3.8, 4) is 0 Å². The highest BCUT2D eigenvalue weighted by Gasteiger charge is 2.36. The number of hydrogen-bond acceptors (Lipinski definition) is 5. The van der Waals surface area contributed by atoms with Crippen LogP contribution in [0.4, 0.5) is 11.4 Å². The molecule has 0 bridgehead atoms. The Balaban J connectivity index is 1.24. The first-order valence-corrected chi connectivity index (χ1v) is 12.5. The van der Waals surface area contributed by atoms with Crippen molar-refractivity contribution in [1.82, 2.24) is 9.80 Å². The first-order chi connectivity index (χ1) is 17.5. The first-order valence-electron chi connectivity index (χ1n) is 12.1. The molecule has 1 fully saturated rings. The first kappa shape index (κ1) is 24.2. The number of carbonyl (C=O) groups excluding carboxylic acids is 2. The molecule has 1 saturated heterocycles. The molecule has 186 valence electrons. The molecule has 3 aromatic carbocycles. The molecule has 0 unspecified atom stereocenters. The molecule has 0 aromatic heterocycles. The fourth-order valence-corrected chi connectivity index (χ4v) is 5.02. The van der Waals surface area contributed by atoms with Crippen molar-refractivity contribution in [2.75, 3.05) is 56.7 Å². The second kappa shape index (κ2) is 10.6. The fraction of sp³-hybridized carbons (Fsp3) is 0.286. The number of benzene rings is 3. The van der Waals surface area contributed by atoms with E-state index in [0.29, 0.717) is 42.4 Å². The van der Waals surface area contributed by atoms with Crippen LogP contribution in [0, 0.1) is 0 Å². The summed E-state index contributed by atoms with van der Waals surface area (Å²) in [4.78, 5) is 32.0. The topological polar surface area (TPSA) is 65.1 Å². The van der Waals surface area contributed by atoms with Crippen LogP contribution in [0.25, 0.3) is 0 Å². The van der Waals surface area contributed by atoms with Gasteiger partial charge in [-0.1, -0.05) is 35.9 Å². The van der Waals surface area contributed by atoms with Crippen molar-refractivity contribution in [3.05, 3.63) is 94.5 Å². The minimum atomic E-state index is -0.287. The molecule has 2 aliphatic rings. The van der Waals surface area contributed by atoms with E-state index in [1.807, 2.05) is 77.7 Å². The van der Waals surface area contributed by atoms with Gasteiger partial charge in [0.2, 0.25) is 0 Å². The Morgan fingerprint density at radius 2 is 1.75 bits per heavy atom. The van der Waals surface area contributed by atoms with Crippen molar-refractivity contribution in [2.24, 2.45) is 0 Å². The van der Waals surface area contributed by atoms with Crippen molar-refractivity contribution in [2.45, 2.75) is 6.17 Å². The largest absolute Gasteiger partial charge is 0.383 e. The lowest BCUT2D eigenvalue weighted by Crippen LogP contribution is -2.48. The molecule has 0 spiro atoms. The molecular formula is C28H29ClN4O3. The van der Waals surface area contributed by atoms with Crippen molar-refractivity contribution >= 4 is 34.8 Å². The van der Waals surface area contributed by atoms with E-state index in [1.165, 1.54) is 0 Å². The number of halogens is 1. The van der Waals surface area contributed by atoms with Crippen LogP contribution < -0.4 is 10.2 Å². The van der Waals surface area contributed by atoms with Gasteiger partial charge in [0.1, 0.15) is 6.17 Å². The number of hydrogen-bond donors (Lipinski definition) is 1. The third-order valence-electron chi connectivity index (χ3n) is 6.77. The van der Waals surface area contributed by atoms with Crippen LogP contribution >= 0.6 is 11.6 Å². The van der Waals surface area contributed by atoms with E-state index in [9.17, 15) is 9.59 Å². The van der Waals surface area contributed by atoms with E-state index >= 15 is 0 Å². The third-order valence-corrected chi connectivity index (χ3v) is 7.01. The zero-order chi connectivity index (χ0) is 25.1. The number of rotatable bonds is 7. The number of methoxy groups -OCH3 is 1. The van der Waals surface area contributed by atoms with Crippen LogP contribution in [-0.2, 0) is 4.74 Å². The molecule has 8 heteroatoms. The highest BCUT2D eigenvalue weighted by Crippen LogP contribution is 2.34. The number of nitrogens with one attached hydrogen (secondary N) is 1. The van der Waals surface area contributed by atoms with Crippen LogP contribution in [0.15, 0.2) is 72.8 Å². The van der Waals surface area contributed by atoms with Gasteiger partial charge in [0.25, 0.3) is 11.8 Å². The Morgan fingerprint density at radius 1 is 1.00 bits per heavy atom. The third kappa shape index (κ3) is 4.90. The molecule has 1 atom stereocenters. The van der Waals surface area contributed by atoms with E-state index in [4.69, 9.17) is 16.3 Å². The molecule has 36 heavy (non-hydrogen) atoms. The number of amides is 2. The van der Waals surface area contributed by atoms with Crippen LogP contribution in [0.1, 0.15) is 32.4 Å². The highest BCUT2D eigenvalue weighted by molar-refractivity contribution is 6.30. The van der Waals surface area contributed by atoms with E-state index in [2.05, 4.69) is 10.2 Å². The van der Waals surface area contributed by atoms with Gasteiger partial charge in [-0.3, -0.25) is 9.59 Å². The maximum atomic E-state index is 13.1. The van der Waals surface area contributed by atoms with Gasteiger partial charge in [0.05, 0.1) is 6.61 Å². The number of anilines is 2. The average molecular weight is 505 g/mol. The van der Waals surface area contributed by atoms with E-state index in [1.54, 1.807) is 12.0 Å². The van der Waals surface area contributed by atoms with E-state index < -0.39 is 0 Å². The molecule has 2 aliphatic heterocycles. The lowest BCUT2D eigenvalue weighted by molar-refractivity contribution is 0.0674. The Labute approximate surface area is 216 Å². The second-order valence-corrected chi connectivity index (χ2v) is 9.40. The summed E-state index contributed by atoms with van der Waals surface area (Å²) in [5.41, 5.74) is 4.22. The zero-order valence-corrected chi connectivity index (χ0v) is 20.9. The molecule has 3 aromatic rings. The van der Waals surface area contributed by atoms with Gasteiger partial charge in [0, 0.05) is 72.9 Å². The van der Waals surface area contributed by atoms with Gasteiger partial charge < -0.3 is 24.8 Å². The smallest absolute Gasteiger partial charge is 0.256 e. The van der Waals surface area contributed by atoms with E-state index in [-0.39, 0.29) is 18.0 Å². The average Bonchev–Trinajstić information content (AvgIpc) is 3.18. The van der Waals surface area contributed by atoms with Crippen molar-refractivity contribution in [3.63, 3.8) is 0 Å². The summed E-state index contributed by atoms with van der Waals surface area (Å²) in [5.74, 6) is 0.0132. The minimum absolute atomic E-state index is 0.0103. The van der Waals surface area contributed by atoms with Gasteiger partial charge in [-0.2, -0.15) is 0 Å². The molecule has 0 radical (unpaired) electrons. The van der Waals surface area contributed by atoms with Crippen LogP contribution in [0.2, 0.25) is 5.02 Å². The van der Waals surface area contributed by atoms with Crippen LogP contribution in [0.5, 0.6) is 0 Å². The normalized spacial score (nSPS) is 17.3. The standard InChI is InChI=1S/C28H29ClN4O3/c1-36-18-17-33-26(24-7-2-3-8-25(24)28(33)35)30-22-11-9-20(10-12-22)27(34)32-15-13-31(14-16-32)23-6-4-5-21(29)19-23/h2-12,19,26,30H,13-18H2,1H3/t26-/m0/s1. The molecule has 2 heterocycles. The van der Waals surface area contributed by atoms with Gasteiger partial charge in [-0.25, -0.2) is 0 Å². The summed E-state index contributed by atoms with van der Waals surface area (Å²) in [6.45, 7) is 3.77. The maximum absolute atomic E-state index is 13.1. The Kier molecular flexibility index (Phi) is 7.11. The molecular weight excluding hydrogens is 476 g/mol. The van der Waals surface area contributed by atoms with Gasteiger partial charge >= 0.3 is 0 Å². The van der Waals surface area contributed by atoms with E-state index in [0.717, 1.165) is 30.0 Å². The zero-order valence-electron chi connectivity index (χ0n) is 20.2. The number of nitrogens with zero attached hydrogens (tertiary/aromatic N) is 3. The fourth-order valence-electron chi connectivity index (χ4n) is 4.84. The summed E-state index contributed by atoms with van der Waals surface area (Å²) in [5, 5.41) is 4.18. The highest BCUT2D eigenvalue weighted by atomic mass is 35.5. The lowest BCUT2D eigenvalue weighted by atomic mass is 10.1. The Bertz CT molecular complexity index is 1240. The summed E-state index contributed by atoms with van der Waals surface area (Å²) in [6.07, 6.45) is -0.287. The van der Waals surface area contributed by atoms with Crippen LogP contribution in [0.3, 0.4) is 0 Å². The summed E-state index contributed by atoms with van der Waals surface area (Å²) in [6, 6.07) is 22.9. The second-order valence-electron chi connectivity index (χ2n) is 8.96. The van der Waals surface area contributed by atoms with Gasteiger partial charge in [-0.15, -0.1) is 0 Å². The number of piperazine rings is 1. The summed E-state index contributed by atoms with van der Waals surface area (Å²) >= 11 is 6.13. The number of fused-ring (bicyclic) bond motifs is 1. The molecule has 5 rings (SSSR count). The predicted octanol–water partition coefficient (Wildman–Crippen LogP) is 4.52. The van der Waals surface area contributed by atoms with Crippen molar-refractivity contribution < 1.29 is 14.3 Å². The van der Waals surface area contributed by atoms with Crippen molar-refractivity contribution in [1.29, 1.82) is 0 Å². The van der Waals surface area contributed by atoms with Crippen LogP contribution in [-0.4, -0.2) is 68.1 Å². The SMILES string of the molecule is COCCN1C(=O)c2ccccc2[C@H]1Nc1ccc(C(=O)N2CCN(c3cccc(Cl)c3)CC2)cc1. The molecule has 0 saturated carbocycles. The summed E-state index contributed by atoms with van der Waals surface area (Å²) < 4.78 is 5.21. The molecule has 7 nitrogen and oxygen atoms in total. The monoisotopic (exact) mass is 504 g/mol. The molecule has 0 aliphatic carbocycles. The minimum Gasteiger partial charge on any atom is -0.383 e. The number of carbonyl (C=O) groups is 2. The Morgan fingerprint density at radius 3 is 2.47 bits per heavy atom. The quantitative estimate of drug-likeness (QED) is 0.512. The summed E-state index contributed by atoms with van der Waals surface area (Å²) in [7, 11) is 1.63. The number of ether oxygens (including phenoxy) is 1. The lowest BCUT2D eigenvalue weighted by Gasteiger charge is -2.36. The molecule has 2 amide bonds. The molecule has 1 N–H and O–H groups in total. The maximum Gasteiger partial charge on any atom is 0.256 e. The predicted molar refractivity (Wildman–Crippen MR) is 142 cm³/mol.